The third-order valence-electron chi connectivity index (χ3n) is 3.23. The van der Waals surface area contributed by atoms with Crippen molar-refractivity contribution >= 4 is 0 Å². The Morgan fingerprint density at radius 3 is 3.12 bits per heavy atom. The van der Waals surface area contributed by atoms with Crippen molar-refractivity contribution in [2.75, 3.05) is 33.7 Å². The molecule has 1 aliphatic heterocycles. The zero-order valence-electron chi connectivity index (χ0n) is 10.3. The van der Waals surface area contributed by atoms with Crippen LogP contribution in [0.1, 0.15) is 24.5 Å². The Labute approximate surface area is 97.7 Å². The first-order valence-corrected chi connectivity index (χ1v) is 6.13. The summed E-state index contributed by atoms with van der Waals surface area (Å²) in [6, 6.07) is 0. The summed E-state index contributed by atoms with van der Waals surface area (Å²) in [6.45, 7) is 4.48. The fourth-order valence-electron chi connectivity index (χ4n) is 2.32. The van der Waals surface area contributed by atoms with Crippen molar-refractivity contribution in [2.24, 2.45) is 0 Å². The number of rotatable bonds is 5. The lowest BCUT2D eigenvalue weighted by atomic mass is 10.1. The number of aromatic nitrogens is 2. The minimum atomic E-state index is 0.668. The monoisotopic (exact) mass is 222 g/mol. The van der Waals surface area contributed by atoms with E-state index in [4.69, 9.17) is 0 Å². The molecule has 1 saturated heterocycles. The fourth-order valence-corrected chi connectivity index (χ4v) is 2.32. The molecule has 1 fully saturated rings. The minimum Gasteiger partial charge on any atom is -0.334 e. The molecule has 0 aromatic carbocycles. The highest BCUT2D eigenvalue weighted by Gasteiger charge is 2.19. The van der Waals surface area contributed by atoms with Gasteiger partial charge in [-0.2, -0.15) is 0 Å². The van der Waals surface area contributed by atoms with Gasteiger partial charge in [0, 0.05) is 30.9 Å². The third-order valence-corrected chi connectivity index (χ3v) is 3.23. The Morgan fingerprint density at radius 2 is 2.44 bits per heavy atom. The summed E-state index contributed by atoms with van der Waals surface area (Å²) in [5, 5.41) is 3.41. The third kappa shape index (κ3) is 2.83. The maximum absolute atomic E-state index is 4.29. The number of hydrogen-bond donors (Lipinski definition) is 1. The molecule has 1 N–H and O–H groups in total. The molecule has 0 saturated carbocycles. The summed E-state index contributed by atoms with van der Waals surface area (Å²) in [5.41, 5.74) is 1.41. The van der Waals surface area contributed by atoms with Crippen LogP contribution in [0.15, 0.2) is 12.5 Å². The summed E-state index contributed by atoms with van der Waals surface area (Å²) in [7, 11) is 4.24. The highest BCUT2D eigenvalue weighted by atomic mass is 15.1. The molecule has 4 nitrogen and oxygen atoms in total. The van der Waals surface area contributed by atoms with Crippen LogP contribution >= 0.6 is 0 Å². The van der Waals surface area contributed by atoms with Crippen molar-refractivity contribution in [2.45, 2.75) is 25.3 Å². The summed E-state index contributed by atoms with van der Waals surface area (Å²) in [5.74, 6) is 0.668. The lowest BCUT2D eigenvalue weighted by Crippen LogP contribution is -2.16. The standard InChI is InChI=1S/C12H22N4/c1-15(2)6-3-7-16-10-14-9-12(16)11-4-5-13-8-11/h9-11,13H,3-8H2,1-2H3. The number of aryl methyl sites for hydroxylation is 1. The van der Waals surface area contributed by atoms with Gasteiger partial charge in [0.1, 0.15) is 0 Å². The van der Waals surface area contributed by atoms with E-state index >= 15 is 0 Å². The first kappa shape index (κ1) is 11.6. The van der Waals surface area contributed by atoms with E-state index in [9.17, 15) is 0 Å². The summed E-state index contributed by atoms with van der Waals surface area (Å²) in [4.78, 5) is 6.52. The van der Waals surface area contributed by atoms with Gasteiger partial charge in [0.2, 0.25) is 0 Å². The second kappa shape index (κ2) is 5.46. The first-order chi connectivity index (χ1) is 7.77. The van der Waals surface area contributed by atoms with Gasteiger partial charge in [0.25, 0.3) is 0 Å². The van der Waals surface area contributed by atoms with Gasteiger partial charge in [0.15, 0.2) is 0 Å². The lowest BCUT2D eigenvalue weighted by Gasteiger charge is -2.14. The van der Waals surface area contributed by atoms with Crippen LogP contribution in [0.25, 0.3) is 0 Å². The molecule has 1 aromatic rings. The van der Waals surface area contributed by atoms with Crippen LogP contribution in [0.4, 0.5) is 0 Å². The maximum Gasteiger partial charge on any atom is 0.0948 e. The molecule has 0 radical (unpaired) electrons. The molecule has 1 aliphatic rings. The molecule has 0 bridgehead atoms. The van der Waals surface area contributed by atoms with Crippen molar-refractivity contribution in [1.82, 2.24) is 19.8 Å². The van der Waals surface area contributed by atoms with Crippen LogP contribution in [-0.2, 0) is 6.54 Å². The van der Waals surface area contributed by atoms with Crippen molar-refractivity contribution in [1.29, 1.82) is 0 Å². The smallest absolute Gasteiger partial charge is 0.0948 e. The van der Waals surface area contributed by atoms with E-state index in [0.29, 0.717) is 5.92 Å². The van der Waals surface area contributed by atoms with Gasteiger partial charge < -0.3 is 14.8 Å². The Bertz CT molecular complexity index is 313. The van der Waals surface area contributed by atoms with Crippen molar-refractivity contribution in [3.63, 3.8) is 0 Å². The highest BCUT2D eigenvalue weighted by Crippen LogP contribution is 2.21. The Kier molecular flexibility index (Phi) is 3.96. The van der Waals surface area contributed by atoms with E-state index in [2.05, 4.69) is 33.9 Å². The molecule has 0 spiro atoms. The van der Waals surface area contributed by atoms with Gasteiger partial charge >= 0.3 is 0 Å². The molecule has 1 unspecified atom stereocenters. The summed E-state index contributed by atoms with van der Waals surface area (Å²) < 4.78 is 2.32. The normalized spacial score (nSPS) is 20.8. The van der Waals surface area contributed by atoms with Crippen molar-refractivity contribution < 1.29 is 0 Å². The molecule has 2 rings (SSSR count). The van der Waals surface area contributed by atoms with E-state index in [-0.39, 0.29) is 0 Å². The molecule has 90 valence electrons. The Hall–Kier alpha value is -0.870. The van der Waals surface area contributed by atoms with Gasteiger partial charge in [-0.3, -0.25) is 0 Å². The Balaban J connectivity index is 1.91. The van der Waals surface area contributed by atoms with Crippen LogP contribution < -0.4 is 5.32 Å². The minimum absolute atomic E-state index is 0.668. The SMILES string of the molecule is CN(C)CCCn1cncc1C1CCNC1. The number of hydrogen-bond acceptors (Lipinski definition) is 3. The predicted molar refractivity (Wildman–Crippen MR) is 65.6 cm³/mol. The molecular weight excluding hydrogens is 200 g/mol. The number of nitrogens with zero attached hydrogens (tertiary/aromatic N) is 3. The fraction of sp³-hybridized carbons (Fsp3) is 0.750. The first-order valence-electron chi connectivity index (χ1n) is 6.13. The molecule has 2 heterocycles. The van der Waals surface area contributed by atoms with Gasteiger partial charge in [0.05, 0.1) is 6.33 Å². The van der Waals surface area contributed by atoms with Crippen LogP contribution in [0.3, 0.4) is 0 Å². The van der Waals surface area contributed by atoms with Gasteiger partial charge in [-0.1, -0.05) is 0 Å². The quantitative estimate of drug-likeness (QED) is 0.804. The summed E-state index contributed by atoms with van der Waals surface area (Å²) in [6.07, 6.45) is 6.45. The molecule has 0 amide bonds. The largest absolute Gasteiger partial charge is 0.334 e. The lowest BCUT2D eigenvalue weighted by molar-refractivity contribution is 0.384. The average Bonchev–Trinajstić information content (AvgIpc) is 2.84. The van der Waals surface area contributed by atoms with E-state index in [0.717, 1.165) is 26.2 Å². The van der Waals surface area contributed by atoms with E-state index in [1.54, 1.807) is 0 Å². The van der Waals surface area contributed by atoms with E-state index in [1.165, 1.54) is 18.5 Å². The van der Waals surface area contributed by atoms with Crippen LogP contribution in [-0.4, -0.2) is 48.2 Å². The second-order valence-electron chi connectivity index (χ2n) is 4.86. The molecule has 0 aliphatic carbocycles. The van der Waals surface area contributed by atoms with Gasteiger partial charge in [-0.05, 0) is 40.0 Å². The van der Waals surface area contributed by atoms with Crippen molar-refractivity contribution in [3.8, 4) is 0 Å². The van der Waals surface area contributed by atoms with Crippen LogP contribution in [0, 0.1) is 0 Å². The second-order valence-corrected chi connectivity index (χ2v) is 4.86. The molecule has 1 aromatic heterocycles. The van der Waals surface area contributed by atoms with Gasteiger partial charge in [-0.15, -0.1) is 0 Å². The molecular formula is C12H22N4. The summed E-state index contributed by atoms with van der Waals surface area (Å²) >= 11 is 0. The number of nitrogens with one attached hydrogen (secondary N) is 1. The zero-order chi connectivity index (χ0) is 11.4. The predicted octanol–water partition coefficient (Wildman–Crippen LogP) is 0.912. The molecule has 1 atom stereocenters. The average molecular weight is 222 g/mol. The van der Waals surface area contributed by atoms with Crippen molar-refractivity contribution in [3.05, 3.63) is 18.2 Å². The topological polar surface area (TPSA) is 33.1 Å². The zero-order valence-corrected chi connectivity index (χ0v) is 10.3. The van der Waals surface area contributed by atoms with E-state index in [1.807, 2.05) is 12.5 Å². The Morgan fingerprint density at radius 1 is 1.56 bits per heavy atom. The highest BCUT2D eigenvalue weighted by molar-refractivity contribution is 5.09. The molecule has 16 heavy (non-hydrogen) atoms. The number of imidazole rings is 1. The van der Waals surface area contributed by atoms with Gasteiger partial charge in [-0.25, -0.2) is 4.98 Å². The van der Waals surface area contributed by atoms with Crippen LogP contribution in [0.5, 0.6) is 0 Å². The molecule has 4 heteroatoms. The van der Waals surface area contributed by atoms with Crippen LogP contribution in [0.2, 0.25) is 0 Å². The maximum atomic E-state index is 4.29. The van der Waals surface area contributed by atoms with E-state index < -0.39 is 0 Å².